The summed E-state index contributed by atoms with van der Waals surface area (Å²) in [5.74, 6) is 0.376. The van der Waals surface area contributed by atoms with Crippen molar-refractivity contribution >= 4 is 0 Å². The summed E-state index contributed by atoms with van der Waals surface area (Å²) in [4.78, 5) is 14.6. The van der Waals surface area contributed by atoms with E-state index in [-0.39, 0.29) is 11.8 Å². The molecule has 2 unspecified atom stereocenters. The van der Waals surface area contributed by atoms with Crippen LogP contribution in [-0.2, 0) is 6.42 Å². The molecule has 114 valence electrons. The van der Waals surface area contributed by atoms with E-state index in [1.54, 1.807) is 0 Å². The summed E-state index contributed by atoms with van der Waals surface area (Å²) in [7, 11) is 0. The van der Waals surface area contributed by atoms with Crippen molar-refractivity contribution in [2.45, 2.75) is 32.1 Å². The van der Waals surface area contributed by atoms with Crippen LogP contribution in [0, 0.1) is 0 Å². The Labute approximate surface area is 136 Å². The monoisotopic (exact) mass is 301 g/mol. The van der Waals surface area contributed by atoms with Gasteiger partial charge in [0.15, 0.2) is 0 Å². The average Bonchev–Trinajstić information content (AvgIpc) is 2.60. The molecule has 6 bridgehead atoms. The van der Waals surface area contributed by atoms with E-state index in [1.807, 2.05) is 0 Å². The van der Waals surface area contributed by atoms with E-state index in [4.69, 9.17) is 15.0 Å². The molecule has 1 aliphatic rings. The summed E-state index contributed by atoms with van der Waals surface area (Å²) >= 11 is 0. The molecule has 0 aliphatic carbocycles. The summed E-state index contributed by atoms with van der Waals surface area (Å²) in [5, 5.41) is 0. The van der Waals surface area contributed by atoms with Crippen molar-refractivity contribution in [1.29, 1.82) is 0 Å². The van der Waals surface area contributed by atoms with Crippen LogP contribution in [0.4, 0.5) is 0 Å². The average molecular weight is 301 g/mol. The van der Waals surface area contributed by atoms with E-state index in [0.717, 1.165) is 40.6 Å². The zero-order valence-corrected chi connectivity index (χ0v) is 13.4. The van der Waals surface area contributed by atoms with Crippen molar-refractivity contribution in [2.75, 3.05) is 0 Å². The maximum Gasteiger partial charge on any atom is 0.0494 e. The first-order valence-electron chi connectivity index (χ1n) is 8.09. The molecule has 4 rings (SSSR count). The standard InChI is InChI=1S/C20H19N3/c1-13-17-8-3-6-15(21-17)12-16-7-4-9-18(22-16)14(2)20-11-5-10-19(13)23-20/h3-11,13-14H,12H2,1-2H3. The van der Waals surface area contributed by atoms with Crippen LogP contribution in [0.2, 0.25) is 0 Å². The van der Waals surface area contributed by atoms with Crippen LogP contribution in [0.3, 0.4) is 0 Å². The molecule has 0 aromatic carbocycles. The number of fused-ring (bicyclic) bond motifs is 6. The number of pyridine rings is 3. The van der Waals surface area contributed by atoms with Crippen molar-refractivity contribution in [3.8, 4) is 0 Å². The second-order valence-corrected chi connectivity index (χ2v) is 6.22. The fraction of sp³-hybridized carbons (Fsp3) is 0.250. The number of aromatic nitrogens is 3. The topological polar surface area (TPSA) is 38.7 Å². The largest absolute Gasteiger partial charge is 0.257 e. The minimum atomic E-state index is 0.188. The number of hydrogen-bond acceptors (Lipinski definition) is 3. The van der Waals surface area contributed by atoms with E-state index in [1.165, 1.54) is 0 Å². The SMILES string of the molecule is CC1c2cccc(n2)Cc2cccc(n2)C(C)c2cccc1n2. The third kappa shape index (κ3) is 2.63. The Morgan fingerprint density at radius 3 is 1.48 bits per heavy atom. The minimum absolute atomic E-state index is 0.188. The molecule has 1 aliphatic heterocycles. The maximum absolute atomic E-state index is 4.89. The van der Waals surface area contributed by atoms with Crippen molar-refractivity contribution in [1.82, 2.24) is 15.0 Å². The molecule has 0 saturated carbocycles. The van der Waals surface area contributed by atoms with Crippen molar-refractivity contribution in [3.63, 3.8) is 0 Å². The van der Waals surface area contributed by atoms with Crippen LogP contribution in [0.15, 0.2) is 54.6 Å². The first-order chi connectivity index (χ1) is 11.2. The molecule has 4 heterocycles. The predicted molar refractivity (Wildman–Crippen MR) is 90.6 cm³/mol. The maximum atomic E-state index is 4.89. The normalized spacial score (nSPS) is 19.6. The summed E-state index contributed by atoms with van der Waals surface area (Å²) in [6.45, 7) is 4.35. The summed E-state index contributed by atoms with van der Waals surface area (Å²) in [5.41, 5.74) is 6.38. The molecule has 2 atom stereocenters. The molecule has 3 nitrogen and oxygen atoms in total. The first kappa shape index (κ1) is 14.1. The Bertz CT molecular complexity index is 790. The molecule has 0 N–H and O–H groups in total. The molecule has 3 aromatic heterocycles. The highest BCUT2D eigenvalue weighted by molar-refractivity contribution is 5.31. The molecule has 0 amide bonds. The number of rotatable bonds is 0. The van der Waals surface area contributed by atoms with Crippen LogP contribution in [0.25, 0.3) is 0 Å². The molecule has 0 saturated heterocycles. The van der Waals surface area contributed by atoms with Crippen LogP contribution in [0.1, 0.15) is 59.8 Å². The van der Waals surface area contributed by atoms with Crippen LogP contribution in [-0.4, -0.2) is 15.0 Å². The van der Waals surface area contributed by atoms with Crippen LogP contribution < -0.4 is 0 Å². The minimum Gasteiger partial charge on any atom is -0.257 e. The summed E-state index contributed by atoms with van der Waals surface area (Å²) in [6, 6.07) is 18.7. The van der Waals surface area contributed by atoms with E-state index < -0.39 is 0 Å². The molecule has 0 fully saturated rings. The molecule has 0 radical (unpaired) electrons. The lowest BCUT2D eigenvalue weighted by molar-refractivity contribution is 0.760. The molecule has 23 heavy (non-hydrogen) atoms. The highest BCUT2D eigenvalue weighted by Crippen LogP contribution is 2.27. The Hall–Kier alpha value is -2.55. The number of hydrogen-bond donors (Lipinski definition) is 0. The first-order valence-corrected chi connectivity index (χ1v) is 8.09. The smallest absolute Gasteiger partial charge is 0.0494 e. The summed E-state index contributed by atoms with van der Waals surface area (Å²) in [6.07, 6.45) is 0.766. The Morgan fingerprint density at radius 1 is 0.609 bits per heavy atom. The van der Waals surface area contributed by atoms with E-state index >= 15 is 0 Å². The van der Waals surface area contributed by atoms with Gasteiger partial charge in [0.2, 0.25) is 0 Å². The molecule has 3 aromatic rings. The lowest BCUT2D eigenvalue weighted by atomic mass is 9.97. The van der Waals surface area contributed by atoms with Crippen LogP contribution in [0.5, 0.6) is 0 Å². The van der Waals surface area contributed by atoms with E-state index in [9.17, 15) is 0 Å². The van der Waals surface area contributed by atoms with Gasteiger partial charge in [-0.25, -0.2) is 0 Å². The third-order valence-corrected chi connectivity index (χ3v) is 4.59. The Morgan fingerprint density at radius 2 is 1.00 bits per heavy atom. The van der Waals surface area contributed by atoms with Gasteiger partial charge in [0.1, 0.15) is 0 Å². The quantitative estimate of drug-likeness (QED) is 0.628. The van der Waals surface area contributed by atoms with Crippen molar-refractivity contribution < 1.29 is 0 Å². The zero-order valence-electron chi connectivity index (χ0n) is 13.4. The van der Waals surface area contributed by atoms with Gasteiger partial charge in [-0.05, 0) is 36.4 Å². The second kappa shape index (κ2) is 5.58. The van der Waals surface area contributed by atoms with Gasteiger partial charge in [-0.15, -0.1) is 0 Å². The fourth-order valence-electron chi connectivity index (χ4n) is 3.12. The Kier molecular flexibility index (Phi) is 3.41. The number of nitrogens with zero attached hydrogens (tertiary/aromatic N) is 3. The molecule has 0 spiro atoms. The van der Waals surface area contributed by atoms with Gasteiger partial charge >= 0.3 is 0 Å². The third-order valence-electron chi connectivity index (χ3n) is 4.59. The van der Waals surface area contributed by atoms with Gasteiger partial charge < -0.3 is 0 Å². The molecule has 3 heteroatoms. The van der Waals surface area contributed by atoms with Gasteiger partial charge in [0.05, 0.1) is 0 Å². The highest BCUT2D eigenvalue weighted by Gasteiger charge is 2.18. The predicted octanol–water partition coefficient (Wildman–Crippen LogP) is 4.08. The second-order valence-electron chi connectivity index (χ2n) is 6.22. The van der Waals surface area contributed by atoms with Gasteiger partial charge in [-0.2, -0.15) is 0 Å². The van der Waals surface area contributed by atoms with E-state index in [0.29, 0.717) is 0 Å². The van der Waals surface area contributed by atoms with Gasteiger partial charge in [0.25, 0.3) is 0 Å². The molecular weight excluding hydrogens is 282 g/mol. The fourth-order valence-corrected chi connectivity index (χ4v) is 3.12. The van der Waals surface area contributed by atoms with E-state index in [2.05, 4.69) is 68.4 Å². The summed E-state index contributed by atoms with van der Waals surface area (Å²) < 4.78 is 0. The zero-order chi connectivity index (χ0) is 15.8. The van der Waals surface area contributed by atoms with Gasteiger partial charge in [-0.3, -0.25) is 15.0 Å². The van der Waals surface area contributed by atoms with Crippen molar-refractivity contribution in [2.24, 2.45) is 0 Å². The Balaban J connectivity index is 1.94. The lowest BCUT2D eigenvalue weighted by Crippen LogP contribution is -2.10. The molecular formula is C20H19N3. The lowest BCUT2D eigenvalue weighted by Gasteiger charge is -2.17. The van der Waals surface area contributed by atoms with Crippen LogP contribution >= 0.6 is 0 Å². The highest BCUT2D eigenvalue weighted by atomic mass is 14.8. The van der Waals surface area contributed by atoms with Crippen molar-refractivity contribution in [3.05, 3.63) is 88.8 Å². The van der Waals surface area contributed by atoms with Gasteiger partial charge in [-0.1, -0.05) is 32.0 Å². The van der Waals surface area contributed by atoms with Gasteiger partial charge in [0, 0.05) is 52.4 Å².